The maximum atomic E-state index is 3.82. The second kappa shape index (κ2) is 6.55. The molecule has 0 radical (unpaired) electrons. The number of thiophene rings is 1. The predicted octanol–water partition coefficient (Wildman–Crippen LogP) is 4.87. The summed E-state index contributed by atoms with van der Waals surface area (Å²) in [5.41, 5.74) is 2.93. The molecule has 2 heteroatoms. The van der Waals surface area contributed by atoms with E-state index in [2.05, 4.69) is 54.0 Å². The summed E-state index contributed by atoms with van der Waals surface area (Å²) in [4.78, 5) is 1.49. The van der Waals surface area contributed by atoms with Gasteiger partial charge in [0.05, 0.1) is 0 Å². The Kier molecular flexibility index (Phi) is 4.54. The first-order valence-electron chi connectivity index (χ1n) is 7.66. The molecule has 1 heterocycles. The van der Waals surface area contributed by atoms with Crippen LogP contribution in [0.4, 0.5) is 0 Å². The lowest BCUT2D eigenvalue weighted by Gasteiger charge is -2.32. The van der Waals surface area contributed by atoms with Crippen molar-refractivity contribution in [2.24, 2.45) is 0 Å². The Hall–Kier alpha value is -1.12. The molecule has 0 saturated heterocycles. The zero-order valence-electron chi connectivity index (χ0n) is 12.1. The molecular formula is C18H23NS. The summed E-state index contributed by atoms with van der Waals surface area (Å²) in [5.74, 6) is 0.685. The zero-order valence-corrected chi connectivity index (χ0v) is 13.0. The van der Waals surface area contributed by atoms with Gasteiger partial charge in [-0.2, -0.15) is 0 Å². The van der Waals surface area contributed by atoms with Crippen LogP contribution in [-0.2, 0) is 6.54 Å². The summed E-state index contributed by atoms with van der Waals surface area (Å²) >= 11 is 1.87. The molecule has 106 valence electrons. The van der Waals surface area contributed by atoms with E-state index in [1.54, 1.807) is 0 Å². The SMILES string of the molecule is Cc1ccsc1CNC1CCCCC1c1ccccc1. The van der Waals surface area contributed by atoms with Crippen molar-refractivity contribution in [2.75, 3.05) is 0 Å². The summed E-state index contributed by atoms with van der Waals surface area (Å²) in [5, 5.41) is 6.02. The van der Waals surface area contributed by atoms with Crippen LogP contribution < -0.4 is 5.32 Å². The highest BCUT2D eigenvalue weighted by Crippen LogP contribution is 2.33. The molecule has 1 aromatic heterocycles. The van der Waals surface area contributed by atoms with Gasteiger partial charge in [0.2, 0.25) is 0 Å². The van der Waals surface area contributed by atoms with Crippen molar-refractivity contribution >= 4 is 11.3 Å². The Morgan fingerprint density at radius 1 is 1.10 bits per heavy atom. The first kappa shape index (κ1) is 13.8. The molecule has 1 saturated carbocycles. The summed E-state index contributed by atoms with van der Waals surface area (Å²) in [7, 11) is 0. The number of rotatable bonds is 4. The van der Waals surface area contributed by atoms with Crippen LogP contribution in [0, 0.1) is 6.92 Å². The second-order valence-corrected chi connectivity index (χ2v) is 6.82. The maximum Gasteiger partial charge on any atom is 0.0305 e. The van der Waals surface area contributed by atoms with E-state index >= 15 is 0 Å². The fourth-order valence-electron chi connectivity index (χ4n) is 3.28. The van der Waals surface area contributed by atoms with Gasteiger partial charge in [0, 0.05) is 17.5 Å². The number of benzene rings is 1. The van der Waals surface area contributed by atoms with Gasteiger partial charge in [0.1, 0.15) is 0 Å². The Morgan fingerprint density at radius 2 is 1.90 bits per heavy atom. The van der Waals surface area contributed by atoms with E-state index in [0.717, 1.165) is 6.54 Å². The van der Waals surface area contributed by atoms with Crippen LogP contribution in [0.25, 0.3) is 0 Å². The van der Waals surface area contributed by atoms with Crippen LogP contribution in [0.15, 0.2) is 41.8 Å². The summed E-state index contributed by atoms with van der Waals surface area (Å²) in [6.45, 7) is 3.24. The van der Waals surface area contributed by atoms with E-state index in [0.29, 0.717) is 12.0 Å². The molecule has 1 aromatic carbocycles. The molecule has 1 nitrogen and oxygen atoms in total. The van der Waals surface area contributed by atoms with Gasteiger partial charge >= 0.3 is 0 Å². The highest BCUT2D eigenvalue weighted by atomic mass is 32.1. The van der Waals surface area contributed by atoms with E-state index in [1.165, 1.54) is 41.7 Å². The van der Waals surface area contributed by atoms with Gasteiger partial charge in [-0.05, 0) is 48.3 Å². The lowest BCUT2D eigenvalue weighted by molar-refractivity contribution is 0.327. The quantitative estimate of drug-likeness (QED) is 0.845. The fourth-order valence-corrected chi connectivity index (χ4v) is 4.14. The standard InChI is InChI=1S/C18H23NS/c1-14-11-12-20-18(14)13-19-17-10-6-5-9-16(17)15-7-3-2-4-8-15/h2-4,7-8,11-12,16-17,19H,5-6,9-10,13H2,1H3. The first-order valence-corrected chi connectivity index (χ1v) is 8.54. The van der Waals surface area contributed by atoms with Crippen LogP contribution >= 0.6 is 11.3 Å². The molecule has 1 aliphatic carbocycles. The molecule has 2 aromatic rings. The largest absolute Gasteiger partial charge is 0.308 e. The summed E-state index contributed by atoms with van der Waals surface area (Å²) < 4.78 is 0. The van der Waals surface area contributed by atoms with Crippen LogP contribution in [0.5, 0.6) is 0 Å². The van der Waals surface area contributed by atoms with Gasteiger partial charge in [0.15, 0.2) is 0 Å². The molecule has 1 N–H and O–H groups in total. The average molecular weight is 285 g/mol. The van der Waals surface area contributed by atoms with E-state index in [1.807, 2.05) is 11.3 Å². The molecule has 20 heavy (non-hydrogen) atoms. The highest BCUT2D eigenvalue weighted by molar-refractivity contribution is 7.10. The minimum atomic E-state index is 0.632. The van der Waals surface area contributed by atoms with E-state index in [9.17, 15) is 0 Å². The van der Waals surface area contributed by atoms with Crippen molar-refractivity contribution in [3.8, 4) is 0 Å². The van der Waals surface area contributed by atoms with Crippen molar-refractivity contribution in [1.82, 2.24) is 5.32 Å². The van der Waals surface area contributed by atoms with Crippen LogP contribution in [0.2, 0.25) is 0 Å². The van der Waals surface area contributed by atoms with Crippen molar-refractivity contribution in [1.29, 1.82) is 0 Å². The van der Waals surface area contributed by atoms with Gasteiger partial charge in [-0.1, -0.05) is 43.2 Å². The van der Waals surface area contributed by atoms with Gasteiger partial charge in [0.25, 0.3) is 0 Å². The average Bonchev–Trinajstić information content (AvgIpc) is 2.92. The van der Waals surface area contributed by atoms with Gasteiger partial charge in [-0.25, -0.2) is 0 Å². The normalized spacial score (nSPS) is 22.9. The third-order valence-corrected chi connectivity index (χ3v) is 5.51. The van der Waals surface area contributed by atoms with Gasteiger partial charge < -0.3 is 5.32 Å². The Balaban J connectivity index is 1.68. The third kappa shape index (κ3) is 3.13. The van der Waals surface area contributed by atoms with Crippen LogP contribution in [0.1, 0.15) is 47.6 Å². The Morgan fingerprint density at radius 3 is 2.65 bits per heavy atom. The number of nitrogens with one attached hydrogen (secondary N) is 1. The van der Waals surface area contributed by atoms with Gasteiger partial charge in [-0.3, -0.25) is 0 Å². The molecule has 3 rings (SSSR count). The number of hydrogen-bond acceptors (Lipinski definition) is 2. The van der Waals surface area contributed by atoms with Crippen molar-refractivity contribution < 1.29 is 0 Å². The molecular weight excluding hydrogens is 262 g/mol. The molecule has 1 fully saturated rings. The summed E-state index contributed by atoms with van der Waals surface area (Å²) in [6.07, 6.45) is 5.37. The predicted molar refractivity (Wildman–Crippen MR) is 87.3 cm³/mol. The van der Waals surface area contributed by atoms with Crippen molar-refractivity contribution in [3.63, 3.8) is 0 Å². The van der Waals surface area contributed by atoms with E-state index in [-0.39, 0.29) is 0 Å². The van der Waals surface area contributed by atoms with E-state index in [4.69, 9.17) is 0 Å². The van der Waals surface area contributed by atoms with Crippen LogP contribution in [0.3, 0.4) is 0 Å². The molecule has 1 aliphatic rings. The topological polar surface area (TPSA) is 12.0 Å². The van der Waals surface area contributed by atoms with Crippen molar-refractivity contribution in [2.45, 2.75) is 51.1 Å². The zero-order chi connectivity index (χ0) is 13.8. The van der Waals surface area contributed by atoms with Crippen molar-refractivity contribution in [3.05, 3.63) is 57.8 Å². The van der Waals surface area contributed by atoms with Crippen LogP contribution in [-0.4, -0.2) is 6.04 Å². The third-order valence-electron chi connectivity index (χ3n) is 4.49. The minimum Gasteiger partial charge on any atom is -0.308 e. The minimum absolute atomic E-state index is 0.632. The lowest BCUT2D eigenvalue weighted by atomic mass is 9.80. The maximum absolute atomic E-state index is 3.82. The number of aryl methyl sites for hydroxylation is 1. The molecule has 0 amide bonds. The molecule has 2 atom stereocenters. The smallest absolute Gasteiger partial charge is 0.0305 e. The second-order valence-electron chi connectivity index (χ2n) is 5.82. The monoisotopic (exact) mass is 285 g/mol. The molecule has 0 bridgehead atoms. The molecule has 0 spiro atoms. The summed E-state index contributed by atoms with van der Waals surface area (Å²) in [6, 6.07) is 13.9. The van der Waals surface area contributed by atoms with E-state index < -0.39 is 0 Å². The number of hydrogen-bond donors (Lipinski definition) is 1. The molecule has 0 aliphatic heterocycles. The molecule has 2 unspecified atom stereocenters. The first-order chi connectivity index (χ1) is 9.84. The lowest BCUT2D eigenvalue weighted by Crippen LogP contribution is -2.36. The highest BCUT2D eigenvalue weighted by Gasteiger charge is 2.25. The Labute approximate surface area is 126 Å². The Bertz CT molecular complexity index is 531. The fraction of sp³-hybridized carbons (Fsp3) is 0.444. The van der Waals surface area contributed by atoms with Gasteiger partial charge in [-0.15, -0.1) is 11.3 Å².